The molecule has 0 bridgehead atoms. The van der Waals surface area contributed by atoms with E-state index in [-0.39, 0.29) is 30.8 Å². The number of aromatic hydroxyl groups is 1. The van der Waals surface area contributed by atoms with Crippen molar-refractivity contribution in [3.63, 3.8) is 0 Å². The molecule has 2 atom stereocenters. The summed E-state index contributed by atoms with van der Waals surface area (Å²) in [6.07, 6.45) is 4.59. The minimum Gasteiger partial charge on any atom is -0.508 e. The number of methoxy groups -OCH3 is 1. The van der Waals surface area contributed by atoms with E-state index in [1.807, 2.05) is 6.07 Å². The average Bonchev–Trinajstić information content (AvgIpc) is 3.09. The number of aryl methyl sites for hydroxylation is 1. The number of rotatable bonds is 16. The number of pyridine rings is 1. The van der Waals surface area contributed by atoms with E-state index in [2.05, 4.69) is 36.3 Å². The van der Waals surface area contributed by atoms with Crippen LogP contribution < -0.4 is 26.6 Å². The maximum atomic E-state index is 13.6. The molecule has 6 N–H and O–H groups in total. The number of phenolic OH excluding ortho intramolecular Hbond substituents is 1. The van der Waals surface area contributed by atoms with Gasteiger partial charge in [0.1, 0.15) is 17.8 Å². The Morgan fingerprint density at radius 2 is 1.65 bits per heavy atom. The molecule has 5 amide bonds. The number of hydrogen-bond acceptors (Lipinski definition) is 9. The first-order valence-corrected chi connectivity index (χ1v) is 15.0. The number of esters is 1. The fourth-order valence-corrected chi connectivity index (χ4v) is 4.31. The van der Waals surface area contributed by atoms with Crippen LogP contribution in [0, 0.1) is 0 Å². The fourth-order valence-electron chi connectivity index (χ4n) is 4.31. The Bertz CT molecular complexity index is 1610. The Morgan fingerprint density at radius 3 is 2.33 bits per heavy atom. The van der Waals surface area contributed by atoms with E-state index in [1.165, 1.54) is 32.2 Å². The number of nitrogens with zero attached hydrogens (tertiary/aromatic N) is 1. The molecule has 0 saturated heterocycles. The Hall–Kier alpha value is -6.05. The summed E-state index contributed by atoms with van der Waals surface area (Å²) in [4.78, 5) is 79.4. The van der Waals surface area contributed by atoms with Crippen LogP contribution >= 0.6 is 0 Å². The van der Waals surface area contributed by atoms with Crippen molar-refractivity contribution in [1.82, 2.24) is 31.6 Å². The highest BCUT2D eigenvalue weighted by Crippen LogP contribution is 2.18. The van der Waals surface area contributed by atoms with Gasteiger partial charge >= 0.3 is 5.97 Å². The second-order valence-corrected chi connectivity index (χ2v) is 10.5. The van der Waals surface area contributed by atoms with Gasteiger partial charge in [-0.3, -0.25) is 29.0 Å². The number of ether oxygens (including phenoxy) is 1. The third-order valence-corrected chi connectivity index (χ3v) is 6.85. The van der Waals surface area contributed by atoms with Crippen LogP contribution in [0.5, 0.6) is 5.75 Å². The lowest BCUT2D eigenvalue weighted by atomic mass is 10.0. The number of amides is 5. The lowest BCUT2D eigenvalue weighted by Crippen LogP contribution is -2.57. The van der Waals surface area contributed by atoms with Crippen LogP contribution in [0.25, 0.3) is 11.3 Å². The highest BCUT2D eigenvalue weighted by atomic mass is 16.5. The summed E-state index contributed by atoms with van der Waals surface area (Å²) in [5, 5.41) is 22.3. The first kappa shape index (κ1) is 36.4. The van der Waals surface area contributed by atoms with Crippen molar-refractivity contribution in [1.29, 1.82) is 0 Å². The zero-order chi connectivity index (χ0) is 34.9. The SMILES string of the molecule is COC(=O)/C=C\CNC(=O)CNC(=O)[C@H](CNC(C)=O)NC(=O)[C@H](CCc1ccc(O)cc1)NC(=O)c1cccc(-c2ccccn2)c1. The fraction of sp³-hybridized carbons (Fsp3) is 0.265. The number of benzene rings is 2. The minimum absolute atomic E-state index is 0.00301. The van der Waals surface area contributed by atoms with E-state index < -0.39 is 54.1 Å². The van der Waals surface area contributed by atoms with Crippen molar-refractivity contribution in [2.24, 2.45) is 0 Å². The second kappa shape index (κ2) is 18.8. The molecule has 3 rings (SSSR count). The molecule has 0 aliphatic rings. The van der Waals surface area contributed by atoms with E-state index in [0.29, 0.717) is 17.7 Å². The molecular formula is C34H38N6O8. The summed E-state index contributed by atoms with van der Waals surface area (Å²) in [6, 6.07) is 16.1. The maximum Gasteiger partial charge on any atom is 0.330 e. The van der Waals surface area contributed by atoms with Gasteiger partial charge in [0, 0.05) is 43.4 Å². The number of nitrogens with one attached hydrogen (secondary N) is 5. The number of aromatic nitrogens is 1. The van der Waals surface area contributed by atoms with E-state index in [1.54, 1.807) is 54.7 Å². The molecular weight excluding hydrogens is 620 g/mol. The number of hydrogen-bond donors (Lipinski definition) is 6. The average molecular weight is 659 g/mol. The molecule has 1 heterocycles. The van der Waals surface area contributed by atoms with Crippen molar-refractivity contribution < 1.29 is 38.6 Å². The van der Waals surface area contributed by atoms with E-state index in [0.717, 1.165) is 11.6 Å². The van der Waals surface area contributed by atoms with Crippen molar-refractivity contribution >= 4 is 35.5 Å². The largest absolute Gasteiger partial charge is 0.508 e. The minimum atomic E-state index is -1.30. The highest BCUT2D eigenvalue weighted by molar-refractivity contribution is 5.99. The molecule has 0 radical (unpaired) electrons. The van der Waals surface area contributed by atoms with Crippen LogP contribution in [-0.2, 0) is 35.1 Å². The van der Waals surface area contributed by atoms with Gasteiger partial charge < -0.3 is 36.4 Å². The van der Waals surface area contributed by atoms with Gasteiger partial charge in [-0.25, -0.2) is 4.79 Å². The number of phenols is 1. The topological polar surface area (TPSA) is 205 Å². The first-order valence-electron chi connectivity index (χ1n) is 15.0. The van der Waals surface area contributed by atoms with Crippen LogP contribution in [0.2, 0.25) is 0 Å². The number of carbonyl (C=O) groups excluding carboxylic acids is 6. The lowest BCUT2D eigenvalue weighted by molar-refractivity contribution is -0.135. The van der Waals surface area contributed by atoms with Gasteiger partial charge in [0.15, 0.2) is 0 Å². The van der Waals surface area contributed by atoms with Gasteiger partial charge in [-0.1, -0.05) is 36.4 Å². The van der Waals surface area contributed by atoms with Crippen molar-refractivity contribution in [2.75, 3.05) is 26.7 Å². The highest BCUT2D eigenvalue weighted by Gasteiger charge is 2.28. The smallest absolute Gasteiger partial charge is 0.330 e. The van der Waals surface area contributed by atoms with Crippen LogP contribution in [-0.4, -0.2) is 84.4 Å². The Labute approximate surface area is 277 Å². The number of carbonyl (C=O) groups is 6. The quantitative estimate of drug-likeness (QED) is 0.0949. The molecule has 2 aromatic carbocycles. The predicted molar refractivity (Wildman–Crippen MR) is 175 cm³/mol. The van der Waals surface area contributed by atoms with E-state index in [4.69, 9.17) is 0 Å². The molecule has 1 aromatic heterocycles. The maximum absolute atomic E-state index is 13.6. The summed E-state index contributed by atoms with van der Waals surface area (Å²) in [5.74, 6) is -3.55. The molecule has 14 heteroatoms. The third-order valence-electron chi connectivity index (χ3n) is 6.85. The van der Waals surface area contributed by atoms with Crippen LogP contribution in [0.15, 0.2) is 85.1 Å². The van der Waals surface area contributed by atoms with Crippen molar-refractivity contribution in [3.05, 3.63) is 96.2 Å². The zero-order valence-corrected chi connectivity index (χ0v) is 26.5. The van der Waals surface area contributed by atoms with Gasteiger partial charge in [0.25, 0.3) is 5.91 Å². The Kier molecular flexibility index (Phi) is 14.3. The van der Waals surface area contributed by atoms with Gasteiger partial charge in [-0.05, 0) is 54.8 Å². The summed E-state index contributed by atoms with van der Waals surface area (Å²) in [7, 11) is 1.21. The molecule has 0 aliphatic carbocycles. The molecule has 48 heavy (non-hydrogen) atoms. The molecule has 0 saturated carbocycles. The lowest BCUT2D eigenvalue weighted by Gasteiger charge is -2.23. The van der Waals surface area contributed by atoms with E-state index in [9.17, 15) is 33.9 Å². The van der Waals surface area contributed by atoms with Gasteiger partial charge in [0.05, 0.1) is 19.3 Å². The van der Waals surface area contributed by atoms with Crippen LogP contribution in [0.1, 0.15) is 29.3 Å². The third kappa shape index (κ3) is 12.4. The first-order chi connectivity index (χ1) is 23.0. The van der Waals surface area contributed by atoms with E-state index >= 15 is 0 Å². The zero-order valence-electron chi connectivity index (χ0n) is 26.5. The molecule has 0 fully saturated rings. The van der Waals surface area contributed by atoms with Crippen molar-refractivity contribution in [2.45, 2.75) is 31.8 Å². The summed E-state index contributed by atoms with van der Waals surface area (Å²) in [5.41, 5.74) is 2.42. The summed E-state index contributed by atoms with van der Waals surface area (Å²) < 4.78 is 4.46. The molecule has 0 aliphatic heterocycles. The monoisotopic (exact) mass is 658 g/mol. The molecule has 0 spiro atoms. The van der Waals surface area contributed by atoms with Crippen LogP contribution in [0.3, 0.4) is 0 Å². The van der Waals surface area contributed by atoms with Crippen molar-refractivity contribution in [3.8, 4) is 17.0 Å². The van der Waals surface area contributed by atoms with Crippen LogP contribution in [0.4, 0.5) is 0 Å². The van der Waals surface area contributed by atoms with Gasteiger partial charge in [-0.15, -0.1) is 0 Å². The molecule has 14 nitrogen and oxygen atoms in total. The second-order valence-electron chi connectivity index (χ2n) is 10.5. The Balaban J connectivity index is 1.73. The predicted octanol–water partition coefficient (Wildman–Crippen LogP) is 0.768. The molecule has 0 unspecified atom stereocenters. The summed E-state index contributed by atoms with van der Waals surface area (Å²) >= 11 is 0. The summed E-state index contributed by atoms with van der Waals surface area (Å²) in [6.45, 7) is 0.501. The standard InChI is InChI=1S/C34H38N6O8/c1-22(41)37-20-29(33(46)38-21-30(43)36-18-6-10-31(44)48-2)40-34(47)28(16-13-23-11-14-26(42)15-12-23)39-32(45)25-8-5-7-24(19-25)27-9-3-4-17-35-27/h3-12,14-15,17,19,28-29,42H,13,16,18,20-21H2,1-2H3,(H,36,43)(H,37,41)(H,38,46)(H,39,45)(H,40,47)/b10-6-/t28-,29-/m0/s1. The molecule has 252 valence electrons. The van der Waals surface area contributed by atoms with Gasteiger partial charge in [0.2, 0.25) is 23.6 Å². The Morgan fingerprint density at radius 1 is 0.875 bits per heavy atom. The normalized spacial score (nSPS) is 11.9. The van der Waals surface area contributed by atoms with Gasteiger partial charge in [-0.2, -0.15) is 0 Å². The molecule has 3 aromatic rings.